The zero-order valence-corrected chi connectivity index (χ0v) is 15.0. The van der Waals surface area contributed by atoms with Crippen molar-refractivity contribution in [2.24, 2.45) is 0 Å². The summed E-state index contributed by atoms with van der Waals surface area (Å²) in [6, 6.07) is 12.5. The van der Waals surface area contributed by atoms with Gasteiger partial charge in [0, 0.05) is 30.0 Å². The van der Waals surface area contributed by atoms with Crippen LogP contribution in [0.4, 0.5) is 10.1 Å². The van der Waals surface area contributed by atoms with E-state index in [9.17, 15) is 9.18 Å². The third-order valence-corrected chi connectivity index (χ3v) is 5.07. The van der Waals surface area contributed by atoms with Gasteiger partial charge < -0.3 is 9.42 Å². The number of amides is 1. The Hall–Kier alpha value is -3.55. The molecular weight excluding hydrogens is 361 g/mol. The van der Waals surface area contributed by atoms with E-state index in [-0.39, 0.29) is 24.1 Å². The molecule has 1 amide bonds. The first-order chi connectivity index (χ1) is 13.6. The lowest BCUT2D eigenvalue weighted by Gasteiger charge is -2.16. The summed E-state index contributed by atoms with van der Waals surface area (Å²) in [7, 11) is 0. The number of nitrogens with zero attached hydrogens (tertiary/aromatic N) is 4. The van der Waals surface area contributed by atoms with E-state index in [1.165, 1.54) is 6.07 Å². The second-order valence-corrected chi connectivity index (χ2v) is 6.91. The Labute approximate surface area is 159 Å². The fourth-order valence-electron chi connectivity index (χ4n) is 3.50. The molecule has 2 aromatic heterocycles. The highest BCUT2D eigenvalue weighted by molar-refractivity contribution is 5.96. The van der Waals surface area contributed by atoms with Crippen molar-refractivity contribution in [3.8, 4) is 11.6 Å². The van der Waals surface area contributed by atoms with Crippen molar-refractivity contribution in [3.05, 3.63) is 59.7 Å². The van der Waals surface area contributed by atoms with E-state index in [0.29, 0.717) is 35.2 Å². The zero-order chi connectivity index (χ0) is 19.3. The van der Waals surface area contributed by atoms with Gasteiger partial charge in [0.05, 0.1) is 5.52 Å². The minimum Gasteiger partial charge on any atom is -0.332 e. The van der Waals surface area contributed by atoms with E-state index in [0.717, 1.165) is 10.9 Å². The molecule has 0 radical (unpaired) electrons. The number of aromatic amines is 1. The molecule has 0 bridgehead atoms. The number of anilines is 1. The number of nitrogens with one attached hydrogen (secondary N) is 1. The normalized spacial score (nSPS) is 17.0. The van der Waals surface area contributed by atoms with Crippen LogP contribution in [0.15, 0.2) is 47.0 Å². The molecule has 0 aliphatic carbocycles. The molecule has 0 spiro atoms. The average molecular weight is 377 g/mol. The zero-order valence-electron chi connectivity index (χ0n) is 15.0. The molecule has 28 heavy (non-hydrogen) atoms. The first kappa shape index (κ1) is 16.6. The average Bonchev–Trinajstić information content (AvgIpc) is 3.41. The number of hydrogen-bond acceptors (Lipinski definition) is 5. The highest BCUT2D eigenvalue weighted by Gasteiger charge is 2.35. The fourth-order valence-corrected chi connectivity index (χ4v) is 3.50. The SMILES string of the molecule is Cc1ccc(N2CC(c3noc(-c4n[nH]c5ccccc45)n3)CC2=O)cc1F. The summed E-state index contributed by atoms with van der Waals surface area (Å²) in [5, 5.41) is 12.1. The molecule has 3 heterocycles. The number of aryl methyl sites for hydroxylation is 1. The number of aromatic nitrogens is 4. The molecule has 1 aliphatic heterocycles. The number of hydrogen-bond donors (Lipinski definition) is 1. The van der Waals surface area contributed by atoms with Crippen LogP contribution < -0.4 is 4.90 Å². The lowest BCUT2D eigenvalue weighted by atomic mass is 10.1. The maximum Gasteiger partial charge on any atom is 0.279 e. The Morgan fingerprint density at radius 2 is 2.11 bits per heavy atom. The first-order valence-corrected chi connectivity index (χ1v) is 8.94. The largest absolute Gasteiger partial charge is 0.332 e. The van der Waals surface area contributed by atoms with Crippen LogP contribution in [0.2, 0.25) is 0 Å². The van der Waals surface area contributed by atoms with Crippen LogP contribution in [0, 0.1) is 12.7 Å². The van der Waals surface area contributed by atoms with Gasteiger partial charge in [-0.15, -0.1) is 0 Å². The lowest BCUT2D eigenvalue weighted by Crippen LogP contribution is -2.24. The predicted octanol–water partition coefficient (Wildman–Crippen LogP) is 3.58. The summed E-state index contributed by atoms with van der Waals surface area (Å²) < 4.78 is 19.3. The summed E-state index contributed by atoms with van der Waals surface area (Å²) in [4.78, 5) is 18.5. The van der Waals surface area contributed by atoms with Gasteiger partial charge >= 0.3 is 0 Å². The van der Waals surface area contributed by atoms with Gasteiger partial charge in [-0.3, -0.25) is 9.89 Å². The van der Waals surface area contributed by atoms with Crippen molar-refractivity contribution in [2.75, 3.05) is 11.4 Å². The number of halogens is 1. The van der Waals surface area contributed by atoms with Crippen LogP contribution >= 0.6 is 0 Å². The minimum absolute atomic E-state index is 0.0928. The molecule has 5 rings (SSSR count). The molecule has 1 unspecified atom stereocenters. The number of fused-ring (bicyclic) bond motifs is 1. The Kier molecular flexibility index (Phi) is 3.71. The maximum absolute atomic E-state index is 13.9. The van der Waals surface area contributed by atoms with Crippen molar-refractivity contribution < 1.29 is 13.7 Å². The van der Waals surface area contributed by atoms with Crippen LogP contribution in [-0.2, 0) is 4.79 Å². The molecular formula is C20H16FN5O2. The Bertz CT molecular complexity index is 1200. The Morgan fingerprint density at radius 3 is 2.96 bits per heavy atom. The van der Waals surface area contributed by atoms with E-state index in [1.54, 1.807) is 24.0 Å². The number of para-hydroxylation sites is 1. The van der Waals surface area contributed by atoms with Gasteiger partial charge in [-0.2, -0.15) is 10.1 Å². The highest BCUT2D eigenvalue weighted by Crippen LogP contribution is 2.33. The van der Waals surface area contributed by atoms with Gasteiger partial charge in [-0.1, -0.05) is 29.4 Å². The first-order valence-electron chi connectivity index (χ1n) is 8.94. The number of carbonyl (C=O) groups excluding carboxylic acids is 1. The quantitative estimate of drug-likeness (QED) is 0.590. The van der Waals surface area contributed by atoms with Crippen LogP contribution in [0.25, 0.3) is 22.5 Å². The summed E-state index contributed by atoms with van der Waals surface area (Å²) >= 11 is 0. The molecule has 1 aliphatic rings. The Balaban J connectivity index is 1.42. The van der Waals surface area contributed by atoms with Gasteiger partial charge in [-0.25, -0.2) is 4.39 Å². The fraction of sp³-hybridized carbons (Fsp3) is 0.200. The lowest BCUT2D eigenvalue weighted by molar-refractivity contribution is -0.117. The molecule has 2 aromatic carbocycles. The predicted molar refractivity (Wildman–Crippen MR) is 100 cm³/mol. The van der Waals surface area contributed by atoms with Gasteiger partial charge in [0.1, 0.15) is 5.82 Å². The molecule has 1 fully saturated rings. The van der Waals surface area contributed by atoms with Gasteiger partial charge in [0.25, 0.3) is 5.89 Å². The minimum atomic E-state index is -0.332. The molecule has 140 valence electrons. The standard InChI is InChI=1S/C20H16FN5O2/c1-11-6-7-13(9-15(11)21)26-10-12(8-17(26)27)19-22-20(28-25-19)18-14-4-2-3-5-16(14)23-24-18/h2-7,9,12H,8,10H2,1H3,(H,23,24). The van der Waals surface area contributed by atoms with E-state index >= 15 is 0 Å². The number of H-pyrrole nitrogens is 1. The van der Waals surface area contributed by atoms with Crippen LogP contribution in [-0.4, -0.2) is 32.8 Å². The van der Waals surface area contributed by atoms with Gasteiger partial charge in [-0.05, 0) is 30.7 Å². The smallest absolute Gasteiger partial charge is 0.279 e. The summed E-state index contributed by atoms with van der Waals surface area (Å²) in [6.07, 6.45) is 0.246. The van der Waals surface area contributed by atoms with Crippen LogP contribution in [0.5, 0.6) is 0 Å². The third-order valence-electron chi connectivity index (χ3n) is 5.07. The van der Waals surface area contributed by atoms with E-state index in [2.05, 4.69) is 20.3 Å². The Morgan fingerprint density at radius 1 is 1.25 bits per heavy atom. The highest BCUT2D eigenvalue weighted by atomic mass is 19.1. The molecule has 1 saturated heterocycles. The van der Waals surface area contributed by atoms with E-state index in [4.69, 9.17) is 4.52 Å². The third kappa shape index (κ3) is 2.65. The maximum atomic E-state index is 13.9. The number of carbonyl (C=O) groups is 1. The van der Waals surface area contributed by atoms with Crippen molar-refractivity contribution >= 4 is 22.5 Å². The second-order valence-electron chi connectivity index (χ2n) is 6.91. The van der Waals surface area contributed by atoms with E-state index < -0.39 is 0 Å². The van der Waals surface area contributed by atoms with Crippen molar-refractivity contribution in [3.63, 3.8) is 0 Å². The summed E-state index contributed by atoms with van der Waals surface area (Å²) in [5.74, 6) is 0.107. The van der Waals surface area contributed by atoms with Gasteiger partial charge in [0.15, 0.2) is 11.5 Å². The molecule has 1 atom stereocenters. The van der Waals surface area contributed by atoms with Crippen LogP contribution in [0.1, 0.15) is 23.7 Å². The van der Waals surface area contributed by atoms with Gasteiger partial charge in [0.2, 0.25) is 5.91 Å². The topological polar surface area (TPSA) is 87.9 Å². The molecule has 7 nitrogen and oxygen atoms in total. The van der Waals surface area contributed by atoms with Crippen molar-refractivity contribution in [2.45, 2.75) is 19.3 Å². The molecule has 8 heteroatoms. The molecule has 4 aromatic rings. The summed E-state index contributed by atoms with van der Waals surface area (Å²) in [5.41, 5.74) is 2.54. The van der Waals surface area contributed by atoms with Crippen molar-refractivity contribution in [1.82, 2.24) is 20.3 Å². The number of rotatable bonds is 3. The van der Waals surface area contributed by atoms with Crippen molar-refractivity contribution in [1.29, 1.82) is 0 Å². The monoisotopic (exact) mass is 377 g/mol. The molecule has 1 N–H and O–H groups in total. The van der Waals surface area contributed by atoms with E-state index in [1.807, 2.05) is 24.3 Å². The van der Waals surface area contributed by atoms with Crippen LogP contribution in [0.3, 0.4) is 0 Å². The summed E-state index contributed by atoms with van der Waals surface area (Å²) in [6.45, 7) is 2.06. The number of benzene rings is 2. The molecule has 0 saturated carbocycles. The second kappa shape index (κ2) is 6.26.